The van der Waals surface area contributed by atoms with Crippen molar-refractivity contribution in [3.05, 3.63) is 60.2 Å². The maximum Gasteiger partial charge on any atom is 0.255 e. The molecule has 30 heavy (non-hydrogen) atoms. The Labute approximate surface area is 172 Å². The van der Waals surface area contributed by atoms with Crippen molar-refractivity contribution in [2.75, 3.05) is 36.4 Å². The van der Waals surface area contributed by atoms with Gasteiger partial charge in [0.25, 0.3) is 5.91 Å². The highest BCUT2D eigenvalue weighted by atomic mass is 16.2. The zero-order valence-corrected chi connectivity index (χ0v) is 16.5. The Balaban J connectivity index is 1.35. The molecule has 1 fully saturated rings. The molecule has 0 atom stereocenters. The van der Waals surface area contributed by atoms with Gasteiger partial charge in [-0.05, 0) is 31.2 Å². The fourth-order valence-electron chi connectivity index (χ4n) is 3.53. The topological polar surface area (TPSA) is 107 Å². The highest BCUT2D eigenvalue weighted by Gasteiger charge is 2.24. The first-order valence-corrected chi connectivity index (χ1v) is 9.76. The number of rotatable bonds is 4. The van der Waals surface area contributed by atoms with Crippen molar-refractivity contribution in [1.29, 1.82) is 0 Å². The number of aryl methyl sites for hydroxylation is 1. The van der Waals surface area contributed by atoms with Gasteiger partial charge in [-0.15, -0.1) is 5.10 Å². The van der Waals surface area contributed by atoms with Crippen LogP contribution < -0.4 is 10.2 Å². The van der Waals surface area contributed by atoms with Crippen molar-refractivity contribution in [2.24, 2.45) is 0 Å². The van der Waals surface area contributed by atoms with Gasteiger partial charge in [0.15, 0.2) is 11.6 Å². The lowest BCUT2D eigenvalue weighted by atomic mass is 10.2. The fourth-order valence-corrected chi connectivity index (χ4v) is 3.53. The number of H-pyrrole nitrogens is 1. The van der Waals surface area contributed by atoms with Crippen LogP contribution in [0.25, 0.3) is 5.52 Å². The number of hydrogen-bond acceptors (Lipinski definition) is 7. The molecular weight excluding hydrogens is 382 g/mol. The van der Waals surface area contributed by atoms with Crippen molar-refractivity contribution < 1.29 is 4.79 Å². The molecule has 0 spiro atoms. The van der Waals surface area contributed by atoms with Gasteiger partial charge in [0, 0.05) is 56.5 Å². The van der Waals surface area contributed by atoms with Crippen LogP contribution in [0.2, 0.25) is 0 Å². The van der Waals surface area contributed by atoms with E-state index >= 15 is 0 Å². The second kappa shape index (κ2) is 7.47. The van der Waals surface area contributed by atoms with Crippen molar-refractivity contribution in [3.63, 3.8) is 0 Å². The second-order valence-corrected chi connectivity index (χ2v) is 7.18. The molecule has 0 aliphatic carbocycles. The van der Waals surface area contributed by atoms with Gasteiger partial charge < -0.3 is 15.1 Å². The van der Waals surface area contributed by atoms with E-state index in [9.17, 15) is 4.79 Å². The number of aromatic amines is 1. The number of nitrogens with zero attached hydrogens (tertiary/aromatic N) is 7. The average Bonchev–Trinajstić information content (AvgIpc) is 3.43. The van der Waals surface area contributed by atoms with Crippen LogP contribution in [0.5, 0.6) is 0 Å². The first-order valence-electron chi connectivity index (χ1n) is 9.76. The SMILES string of the molecule is Cc1cc(Nc2nc(N3CCN(C(=O)c4cccnc4)CC3)nn3cccc23)n[nH]1. The molecule has 0 aromatic carbocycles. The molecule has 1 saturated heterocycles. The molecule has 10 nitrogen and oxygen atoms in total. The van der Waals surface area contributed by atoms with Gasteiger partial charge in [-0.1, -0.05) is 0 Å². The molecule has 10 heteroatoms. The number of aromatic nitrogens is 6. The summed E-state index contributed by atoms with van der Waals surface area (Å²) >= 11 is 0. The summed E-state index contributed by atoms with van der Waals surface area (Å²) in [5, 5.41) is 15.1. The van der Waals surface area contributed by atoms with E-state index in [0.717, 1.165) is 11.2 Å². The Morgan fingerprint density at radius 1 is 1.17 bits per heavy atom. The molecule has 5 heterocycles. The predicted molar refractivity (Wildman–Crippen MR) is 112 cm³/mol. The van der Waals surface area contributed by atoms with E-state index in [1.807, 2.05) is 36.2 Å². The zero-order chi connectivity index (χ0) is 20.5. The quantitative estimate of drug-likeness (QED) is 0.535. The molecule has 0 saturated carbocycles. The minimum Gasteiger partial charge on any atom is -0.336 e. The third kappa shape index (κ3) is 3.43. The molecule has 1 amide bonds. The molecule has 2 N–H and O–H groups in total. The van der Waals surface area contributed by atoms with E-state index in [-0.39, 0.29) is 5.91 Å². The minimum absolute atomic E-state index is 0.000729. The molecular formula is C20H21N9O. The van der Waals surface area contributed by atoms with Crippen LogP contribution in [-0.2, 0) is 0 Å². The number of fused-ring (bicyclic) bond motifs is 1. The molecule has 152 valence electrons. The monoisotopic (exact) mass is 403 g/mol. The number of pyridine rings is 1. The van der Waals surface area contributed by atoms with Crippen LogP contribution in [0.1, 0.15) is 16.1 Å². The van der Waals surface area contributed by atoms with Gasteiger partial charge in [-0.2, -0.15) is 10.1 Å². The molecule has 0 radical (unpaired) electrons. The third-order valence-corrected chi connectivity index (χ3v) is 5.09. The summed E-state index contributed by atoms with van der Waals surface area (Å²) in [4.78, 5) is 25.4. The maximum absolute atomic E-state index is 12.7. The highest BCUT2D eigenvalue weighted by Crippen LogP contribution is 2.22. The molecule has 4 aromatic rings. The van der Waals surface area contributed by atoms with Gasteiger partial charge >= 0.3 is 0 Å². The summed E-state index contributed by atoms with van der Waals surface area (Å²) in [6.07, 6.45) is 5.16. The lowest BCUT2D eigenvalue weighted by molar-refractivity contribution is 0.0745. The van der Waals surface area contributed by atoms with Gasteiger partial charge in [-0.25, -0.2) is 4.52 Å². The number of anilines is 3. The van der Waals surface area contributed by atoms with Crippen LogP contribution in [0.4, 0.5) is 17.6 Å². The summed E-state index contributed by atoms with van der Waals surface area (Å²) in [6, 6.07) is 9.37. The molecule has 5 rings (SSSR count). The smallest absolute Gasteiger partial charge is 0.255 e. The number of amides is 1. The van der Waals surface area contributed by atoms with Crippen molar-refractivity contribution in [1.82, 2.24) is 34.7 Å². The van der Waals surface area contributed by atoms with Crippen molar-refractivity contribution in [3.8, 4) is 0 Å². The maximum atomic E-state index is 12.7. The Morgan fingerprint density at radius 3 is 2.77 bits per heavy atom. The van der Waals surface area contributed by atoms with E-state index < -0.39 is 0 Å². The summed E-state index contributed by atoms with van der Waals surface area (Å²) < 4.78 is 1.80. The molecule has 1 aliphatic rings. The van der Waals surface area contributed by atoms with Crippen LogP contribution in [-0.4, -0.2) is 66.8 Å². The van der Waals surface area contributed by atoms with Crippen LogP contribution in [0.3, 0.4) is 0 Å². The zero-order valence-electron chi connectivity index (χ0n) is 16.5. The van der Waals surface area contributed by atoms with Gasteiger partial charge in [0.2, 0.25) is 5.95 Å². The Morgan fingerprint density at radius 2 is 2.03 bits per heavy atom. The van der Waals surface area contributed by atoms with E-state index in [2.05, 4.69) is 30.5 Å². The Kier molecular flexibility index (Phi) is 4.51. The third-order valence-electron chi connectivity index (χ3n) is 5.09. The molecule has 0 bridgehead atoms. The predicted octanol–water partition coefficient (Wildman–Crippen LogP) is 1.86. The number of nitrogens with one attached hydrogen (secondary N) is 2. The van der Waals surface area contributed by atoms with E-state index in [0.29, 0.717) is 49.3 Å². The Bertz CT molecular complexity index is 1180. The number of carbonyl (C=O) groups is 1. The first-order chi connectivity index (χ1) is 14.7. The largest absolute Gasteiger partial charge is 0.336 e. The summed E-state index contributed by atoms with van der Waals surface area (Å²) in [5.41, 5.74) is 2.44. The van der Waals surface area contributed by atoms with E-state index in [1.54, 1.807) is 29.0 Å². The van der Waals surface area contributed by atoms with Crippen molar-refractivity contribution >= 4 is 29.0 Å². The average molecular weight is 403 g/mol. The van der Waals surface area contributed by atoms with E-state index in [4.69, 9.17) is 4.98 Å². The number of hydrogen-bond donors (Lipinski definition) is 2. The summed E-state index contributed by atoms with van der Waals surface area (Å²) in [7, 11) is 0. The molecule has 0 unspecified atom stereocenters. The minimum atomic E-state index is 0.000729. The standard InChI is InChI=1S/C20H21N9O/c1-14-12-17(25-24-14)22-18-16-5-3-7-29(16)26-20(23-18)28-10-8-27(9-11-28)19(30)15-4-2-6-21-13-15/h2-7,12-13H,8-11H2,1H3,(H2,22,23,24,25,26). The fraction of sp³-hybridized carbons (Fsp3) is 0.250. The lowest BCUT2D eigenvalue weighted by Crippen LogP contribution is -2.49. The van der Waals surface area contributed by atoms with E-state index in [1.165, 1.54) is 0 Å². The van der Waals surface area contributed by atoms with Crippen LogP contribution >= 0.6 is 0 Å². The normalized spacial score (nSPS) is 14.3. The van der Waals surface area contributed by atoms with Gasteiger partial charge in [-0.3, -0.25) is 14.9 Å². The van der Waals surface area contributed by atoms with Crippen LogP contribution in [0, 0.1) is 6.92 Å². The number of carbonyl (C=O) groups excluding carboxylic acids is 1. The first kappa shape index (κ1) is 18.1. The Hall–Kier alpha value is -3.95. The summed E-state index contributed by atoms with van der Waals surface area (Å²) in [6.45, 7) is 4.45. The molecule has 1 aliphatic heterocycles. The highest BCUT2D eigenvalue weighted by molar-refractivity contribution is 5.94. The molecule has 4 aromatic heterocycles. The van der Waals surface area contributed by atoms with Crippen molar-refractivity contribution in [2.45, 2.75) is 6.92 Å². The summed E-state index contributed by atoms with van der Waals surface area (Å²) in [5.74, 6) is 2.00. The second-order valence-electron chi connectivity index (χ2n) is 7.18. The van der Waals surface area contributed by atoms with Gasteiger partial charge in [0.05, 0.1) is 5.56 Å². The van der Waals surface area contributed by atoms with Crippen LogP contribution in [0.15, 0.2) is 48.9 Å². The lowest BCUT2D eigenvalue weighted by Gasteiger charge is -2.34. The van der Waals surface area contributed by atoms with Gasteiger partial charge in [0.1, 0.15) is 5.52 Å². The number of piperazine rings is 1.